The number of aromatic nitrogens is 2. The van der Waals surface area contributed by atoms with Crippen molar-refractivity contribution >= 4 is 39.2 Å². The Kier molecular flexibility index (Phi) is 5.81. The van der Waals surface area contributed by atoms with Crippen molar-refractivity contribution in [3.8, 4) is 0 Å². The highest BCUT2D eigenvalue weighted by atomic mass is 32.2. The van der Waals surface area contributed by atoms with Crippen LogP contribution in [0.1, 0.15) is 44.1 Å². The minimum Gasteiger partial charge on any atom is -0.372 e. The summed E-state index contributed by atoms with van der Waals surface area (Å²) in [5.74, 6) is 0.372. The summed E-state index contributed by atoms with van der Waals surface area (Å²) in [6.45, 7) is 7.75. The Hall–Kier alpha value is -1.38. The molecule has 8 heteroatoms. The van der Waals surface area contributed by atoms with E-state index in [2.05, 4.69) is 0 Å². The van der Waals surface area contributed by atoms with Crippen LogP contribution < -0.4 is 5.56 Å². The molecule has 1 saturated heterocycles. The highest BCUT2D eigenvalue weighted by molar-refractivity contribution is 7.99. The van der Waals surface area contributed by atoms with Gasteiger partial charge in [0.15, 0.2) is 5.16 Å². The Morgan fingerprint density at radius 3 is 2.68 bits per heavy atom. The van der Waals surface area contributed by atoms with E-state index in [1.54, 1.807) is 15.9 Å². The van der Waals surface area contributed by atoms with Gasteiger partial charge in [0.05, 0.1) is 23.3 Å². The molecule has 1 amide bonds. The normalized spacial score (nSPS) is 22.5. The van der Waals surface area contributed by atoms with Crippen LogP contribution in [-0.2, 0) is 28.9 Å². The molecular formula is C20H27N3O3S2. The molecule has 4 rings (SSSR count). The molecule has 0 spiro atoms. The molecule has 2 aliphatic rings. The first kappa shape index (κ1) is 19.9. The minimum absolute atomic E-state index is 0.0514. The Morgan fingerprint density at radius 1 is 1.25 bits per heavy atom. The maximum absolute atomic E-state index is 13.2. The molecule has 152 valence electrons. The molecule has 2 aromatic rings. The van der Waals surface area contributed by atoms with Crippen molar-refractivity contribution in [1.82, 2.24) is 14.5 Å². The molecule has 0 aromatic carbocycles. The van der Waals surface area contributed by atoms with Gasteiger partial charge in [-0.25, -0.2) is 4.98 Å². The zero-order valence-electron chi connectivity index (χ0n) is 16.7. The van der Waals surface area contributed by atoms with E-state index in [9.17, 15) is 9.59 Å². The third-order valence-electron chi connectivity index (χ3n) is 5.45. The van der Waals surface area contributed by atoms with Crippen LogP contribution in [0.15, 0.2) is 9.95 Å². The van der Waals surface area contributed by atoms with Gasteiger partial charge in [-0.2, -0.15) is 0 Å². The van der Waals surface area contributed by atoms with Crippen molar-refractivity contribution in [3.05, 3.63) is 20.8 Å². The van der Waals surface area contributed by atoms with Crippen LogP contribution in [0.2, 0.25) is 0 Å². The Balaban J connectivity index is 1.58. The number of morpholine rings is 1. The molecule has 0 bridgehead atoms. The van der Waals surface area contributed by atoms with Gasteiger partial charge in [-0.05, 0) is 52.0 Å². The SMILES string of the molecule is CCn1c(SCC(=O)N2C[C@H](C)O[C@@H](C)C2)nc2sc3c(c2c1=O)CCCC3. The number of ether oxygens (including phenoxy) is 1. The van der Waals surface area contributed by atoms with Gasteiger partial charge in [0, 0.05) is 24.5 Å². The van der Waals surface area contributed by atoms with E-state index >= 15 is 0 Å². The smallest absolute Gasteiger partial charge is 0.263 e. The second kappa shape index (κ2) is 8.16. The lowest BCUT2D eigenvalue weighted by molar-refractivity contribution is -0.140. The maximum Gasteiger partial charge on any atom is 0.263 e. The lowest BCUT2D eigenvalue weighted by atomic mass is 9.97. The third-order valence-corrected chi connectivity index (χ3v) is 7.60. The molecule has 0 saturated carbocycles. The Labute approximate surface area is 173 Å². The van der Waals surface area contributed by atoms with Crippen molar-refractivity contribution in [3.63, 3.8) is 0 Å². The molecule has 1 aliphatic carbocycles. The van der Waals surface area contributed by atoms with Gasteiger partial charge in [-0.3, -0.25) is 14.2 Å². The van der Waals surface area contributed by atoms with E-state index in [1.165, 1.54) is 28.6 Å². The summed E-state index contributed by atoms with van der Waals surface area (Å²) in [5, 5.41) is 1.47. The number of thiophene rings is 1. The number of fused-ring (bicyclic) bond motifs is 3. The van der Waals surface area contributed by atoms with Crippen LogP contribution in [0.4, 0.5) is 0 Å². The second-order valence-electron chi connectivity index (χ2n) is 7.68. The number of aryl methyl sites for hydroxylation is 2. The van der Waals surface area contributed by atoms with Crippen molar-refractivity contribution in [2.24, 2.45) is 0 Å². The quantitative estimate of drug-likeness (QED) is 0.561. The molecule has 28 heavy (non-hydrogen) atoms. The number of rotatable bonds is 4. The van der Waals surface area contributed by atoms with E-state index < -0.39 is 0 Å². The minimum atomic E-state index is 0.0514. The van der Waals surface area contributed by atoms with E-state index in [0.717, 1.165) is 29.5 Å². The fourth-order valence-electron chi connectivity index (χ4n) is 4.21. The van der Waals surface area contributed by atoms with Gasteiger partial charge < -0.3 is 9.64 Å². The standard InChI is InChI=1S/C20H27N3O3S2/c1-4-23-19(25)17-14-7-5-6-8-15(14)28-18(17)21-20(23)27-11-16(24)22-9-12(2)26-13(3)10-22/h12-13H,4-11H2,1-3H3/t12-,13-/m0/s1. The monoisotopic (exact) mass is 421 g/mol. The summed E-state index contributed by atoms with van der Waals surface area (Å²) in [6, 6.07) is 0. The van der Waals surface area contributed by atoms with Gasteiger partial charge in [0.2, 0.25) is 5.91 Å². The molecule has 3 heterocycles. The maximum atomic E-state index is 13.2. The molecule has 6 nitrogen and oxygen atoms in total. The van der Waals surface area contributed by atoms with Gasteiger partial charge in [0.1, 0.15) is 4.83 Å². The van der Waals surface area contributed by atoms with Crippen LogP contribution in [0.25, 0.3) is 10.2 Å². The zero-order valence-corrected chi connectivity index (χ0v) is 18.3. The van der Waals surface area contributed by atoms with Crippen LogP contribution in [0.3, 0.4) is 0 Å². The average molecular weight is 422 g/mol. The highest BCUT2D eigenvalue weighted by Gasteiger charge is 2.27. The van der Waals surface area contributed by atoms with E-state index in [1.807, 2.05) is 25.7 Å². The Morgan fingerprint density at radius 2 is 1.96 bits per heavy atom. The molecule has 2 aromatic heterocycles. The van der Waals surface area contributed by atoms with Crippen molar-refractivity contribution in [2.45, 2.75) is 70.4 Å². The molecule has 0 N–H and O–H groups in total. The highest BCUT2D eigenvalue weighted by Crippen LogP contribution is 2.34. The van der Waals surface area contributed by atoms with Crippen molar-refractivity contribution in [2.75, 3.05) is 18.8 Å². The summed E-state index contributed by atoms with van der Waals surface area (Å²) in [6.07, 6.45) is 4.47. The number of carbonyl (C=O) groups excluding carboxylic acids is 1. The van der Waals surface area contributed by atoms with E-state index in [0.29, 0.717) is 30.5 Å². The summed E-state index contributed by atoms with van der Waals surface area (Å²) in [7, 11) is 0. The van der Waals surface area contributed by atoms with Crippen LogP contribution in [0.5, 0.6) is 0 Å². The molecule has 0 unspecified atom stereocenters. The first-order chi connectivity index (χ1) is 13.5. The van der Waals surface area contributed by atoms with Crippen LogP contribution in [-0.4, -0.2) is 51.4 Å². The number of hydrogen-bond donors (Lipinski definition) is 0. The second-order valence-corrected chi connectivity index (χ2v) is 9.71. The Bertz CT molecular complexity index is 942. The van der Waals surface area contributed by atoms with Crippen molar-refractivity contribution in [1.29, 1.82) is 0 Å². The number of nitrogens with zero attached hydrogens (tertiary/aromatic N) is 3. The number of hydrogen-bond acceptors (Lipinski definition) is 6. The molecule has 2 atom stereocenters. The van der Waals surface area contributed by atoms with Crippen LogP contribution >= 0.6 is 23.1 Å². The third kappa shape index (κ3) is 3.74. The lowest BCUT2D eigenvalue weighted by Gasteiger charge is -2.35. The molecular weight excluding hydrogens is 394 g/mol. The lowest BCUT2D eigenvalue weighted by Crippen LogP contribution is -2.48. The summed E-state index contributed by atoms with van der Waals surface area (Å²) in [4.78, 5) is 34.7. The first-order valence-corrected chi connectivity index (χ1v) is 11.9. The molecule has 1 aliphatic heterocycles. The van der Waals surface area contributed by atoms with Gasteiger partial charge in [-0.1, -0.05) is 11.8 Å². The average Bonchev–Trinajstić information content (AvgIpc) is 3.04. The predicted octanol–water partition coefficient (Wildman–Crippen LogP) is 3.08. The largest absolute Gasteiger partial charge is 0.372 e. The number of carbonyl (C=O) groups is 1. The zero-order chi connectivity index (χ0) is 19.8. The first-order valence-electron chi connectivity index (χ1n) is 10.1. The predicted molar refractivity (Wildman–Crippen MR) is 114 cm³/mol. The fourth-order valence-corrected chi connectivity index (χ4v) is 6.48. The fraction of sp³-hybridized carbons (Fsp3) is 0.650. The van der Waals surface area contributed by atoms with Crippen LogP contribution in [0, 0.1) is 0 Å². The number of amides is 1. The number of thioether (sulfide) groups is 1. The molecule has 1 fully saturated rings. The summed E-state index contributed by atoms with van der Waals surface area (Å²) >= 11 is 3.04. The van der Waals surface area contributed by atoms with E-state index in [4.69, 9.17) is 9.72 Å². The van der Waals surface area contributed by atoms with Gasteiger partial charge in [0.25, 0.3) is 5.56 Å². The summed E-state index contributed by atoms with van der Waals surface area (Å²) in [5.41, 5.74) is 1.27. The van der Waals surface area contributed by atoms with Gasteiger partial charge in [-0.15, -0.1) is 11.3 Å². The van der Waals surface area contributed by atoms with E-state index in [-0.39, 0.29) is 23.7 Å². The van der Waals surface area contributed by atoms with Crippen molar-refractivity contribution < 1.29 is 9.53 Å². The topological polar surface area (TPSA) is 64.4 Å². The molecule has 0 radical (unpaired) electrons. The summed E-state index contributed by atoms with van der Waals surface area (Å²) < 4.78 is 7.44. The van der Waals surface area contributed by atoms with Gasteiger partial charge >= 0.3 is 0 Å².